The number of nitrogens with two attached hydrogens (primary N) is 1. The van der Waals surface area contributed by atoms with E-state index in [1.54, 1.807) is 0 Å². The third-order valence-corrected chi connectivity index (χ3v) is 6.37. The van der Waals surface area contributed by atoms with Gasteiger partial charge in [-0.15, -0.1) is 0 Å². The quantitative estimate of drug-likeness (QED) is 0.364. The lowest BCUT2D eigenvalue weighted by molar-refractivity contribution is -0.455. The molecule has 27 heavy (non-hydrogen) atoms. The summed E-state index contributed by atoms with van der Waals surface area (Å²) < 4.78 is 17.4. The maximum absolute atomic E-state index is 12.0. The van der Waals surface area contributed by atoms with Gasteiger partial charge in [-0.3, -0.25) is 14.8 Å². The molecule has 4 N–H and O–H groups in total. The fourth-order valence-corrected chi connectivity index (χ4v) is 4.96. The van der Waals surface area contributed by atoms with Gasteiger partial charge in [0.05, 0.1) is 18.9 Å². The van der Waals surface area contributed by atoms with E-state index in [1.807, 2.05) is 13.8 Å². The van der Waals surface area contributed by atoms with Crippen LogP contribution in [0.15, 0.2) is 0 Å². The molecule has 9 heteroatoms. The van der Waals surface area contributed by atoms with E-state index in [0.717, 1.165) is 19.3 Å². The minimum absolute atomic E-state index is 0.128. The lowest BCUT2D eigenvalue weighted by Gasteiger charge is -2.57. The van der Waals surface area contributed by atoms with Crippen molar-refractivity contribution in [3.8, 4) is 0 Å². The van der Waals surface area contributed by atoms with Crippen molar-refractivity contribution in [2.75, 3.05) is 0 Å². The van der Waals surface area contributed by atoms with Crippen molar-refractivity contribution in [3.63, 3.8) is 0 Å². The highest BCUT2D eigenvalue weighted by Crippen LogP contribution is 2.54. The van der Waals surface area contributed by atoms with E-state index in [-0.39, 0.29) is 42.7 Å². The molecular formula is C18H29NO8. The minimum atomic E-state index is -1.11. The van der Waals surface area contributed by atoms with Crippen molar-refractivity contribution in [2.24, 2.45) is 23.5 Å². The first-order valence-corrected chi connectivity index (χ1v) is 9.60. The van der Waals surface area contributed by atoms with E-state index in [4.69, 9.17) is 29.9 Å². The molecule has 3 aliphatic rings. The molecule has 0 radical (unpaired) electrons. The first-order chi connectivity index (χ1) is 12.8. The predicted molar refractivity (Wildman–Crippen MR) is 91.2 cm³/mol. The van der Waals surface area contributed by atoms with Crippen molar-refractivity contribution in [1.29, 1.82) is 0 Å². The lowest BCUT2D eigenvalue weighted by atomic mass is 9.60. The van der Waals surface area contributed by atoms with Crippen LogP contribution in [0.3, 0.4) is 0 Å². The fraction of sp³-hybridized carbons (Fsp3) is 0.889. The van der Waals surface area contributed by atoms with Crippen LogP contribution < -0.4 is 5.73 Å². The van der Waals surface area contributed by atoms with Crippen molar-refractivity contribution >= 4 is 11.9 Å². The zero-order valence-corrected chi connectivity index (χ0v) is 15.7. The predicted octanol–water partition coefficient (Wildman–Crippen LogP) is 1.49. The molecule has 0 amide bonds. The second-order valence-electron chi connectivity index (χ2n) is 8.00. The molecule has 0 aromatic carbocycles. The highest BCUT2D eigenvalue weighted by molar-refractivity contribution is 5.76. The third kappa shape index (κ3) is 3.71. The average molecular weight is 387 g/mol. The van der Waals surface area contributed by atoms with Crippen LogP contribution >= 0.6 is 0 Å². The Morgan fingerprint density at radius 3 is 2.48 bits per heavy atom. The first kappa shape index (κ1) is 20.5. The van der Waals surface area contributed by atoms with Crippen LogP contribution in [0.4, 0.5) is 0 Å². The zero-order chi connectivity index (χ0) is 19.8. The highest BCUT2D eigenvalue weighted by atomic mass is 17.1. The Bertz CT molecular complexity index is 572. The van der Waals surface area contributed by atoms with E-state index in [2.05, 4.69) is 0 Å². The van der Waals surface area contributed by atoms with Gasteiger partial charge in [0.25, 0.3) is 0 Å². The lowest BCUT2D eigenvalue weighted by Crippen LogP contribution is -2.69. The van der Waals surface area contributed by atoms with E-state index in [0.29, 0.717) is 6.42 Å². The maximum atomic E-state index is 12.0. The smallest absolute Gasteiger partial charge is 0.308 e. The van der Waals surface area contributed by atoms with E-state index in [9.17, 15) is 14.8 Å². The third-order valence-electron chi connectivity index (χ3n) is 6.37. The number of rotatable bonds is 5. The molecule has 9 nitrogen and oxygen atoms in total. The van der Waals surface area contributed by atoms with Crippen LogP contribution in [0.5, 0.6) is 0 Å². The normalized spacial score (nSPS) is 44.1. The maximum Gasteiger partial charge on any atom is 0.308 e. The van der Waals surface area contributed by atoms with Crippen LogP contribution in [0.2, 0.25) is 0 Å². The van der Waals surface area contributed by atoms with Crippen LogP contribution in [0.1, 0.15) is 52.4 Å². The second kappa shape index (κ2) is 8.00. The molecule has 0 aromatic heterocycles. The van der Waals surface area contributed by atoms with Gasteiger partial charge in [0.2, 0.25) is 6.29 Å². The van der Waals surface area contributed by atoms with E-state index >= 15 is 0 Å². The van der Waals surface area contributed by atoms with Gasteiger partial charge in [0, 0.05) is 23.8 Å². The first-order valence-electron chi connectivity index (χ1n) is 9.60. The standard InChI is InChI=1S/C18H29NO8/c1-9-3-4-12-13(19)6-5-11-10(2)16(25-15(22)8-7-14(20)21)26-17(24-9)18(11,12)27-23/h9-13,16-17,23H,3-8,19H2,1-2H3,(H,20,21). The molecule has 3 rings (SSSR count). The van der Waals surface area contributed by atoms with Crippen LogP contribution in [0.25, 0.3) is 0 Å². The molecule has 2 heterocycles. The molecule has 2 aliphatic heterocycles. The summed E-state index contributed by atoms with van der Waals surface area (Å²) in [5.74, 6) is -2.29. The van der Waals surface area contributed by atoms with E-state index in [1.165, 1.54) is 0 Å². The minimum Gasteiger partial charge on any atom is -0.481 e. The van der Waals surface area contributed by atoms with Crippen LogP contribution in [0, 0.1) is 17.8 Å². The van der Waals surface area contributed by atoms with Crippen molar-refractivity contribution in [1.82, 2.24) is 0 Å². The SMILES string of the molecule is CC1CCC2C(N)CCC3C(C)C(OC(=O)CCC(=O)O)OC(O1)C23OO. The molecule has 8 unspecified atom stereocenters. The van der Waals surface area contributed by atoms with Crippen LogP contribution in [-0.2, 0) is 28.7 Å². The second-order valence-corrected chi connectivity index (χ2v) is 8.00. The van der Waals surface area contributed by atoms with Gasteiger partial charge in [-0.25, -0.2) is 4.89 Å². The average Bonchev–Trinajstić information content (AvgIpc) is 2.76. The molecule has 0 spiro atoms. The fourth-order valence-electron chi connectivity index (χ4n) is 4.96. The number of carbonyl (C=O) groups is 2. The Morgan fingerprint density at radius 2 is 1.81 bits per heavy atom. The summed E-state index contributed by atoms with van der Waals surface area (Å²) in [6.07, 6.45) is 0.468. The molecule has 1 aliphatic carbocycles. The molecule has 3 fully saturated rings. The van der Waals surface area contributed by atoms with Crippen molar-refractivity contribution in [2.45, 2.75) is 82.7 Å². The van der Waals surface area contributed by atoms with E-state index < -0.39 is 30.1 Å². The molecule has 8 atom stereocenters. The van der Waals surface area contributed by atoms with Crippen LogP contribution in [-0.4, -0.2) is 52.6 Å². The number of aliphatic carboxylic acids is 1. The monoisotopic (exact) mass is 387 g/mol. The summed E-state index contributed by atoms with van der Waals surface area (Å²) in [5, 5.41) is 18.7. The molecule has 0 bridgehead atoms. The van der Waals surface area contributed by atoms with Gasteiger partial charge in [-0.05, 0) is 32.6 Å². The van der Waals surface area contributed by atoms with Gasteiger partial charge in [-0.1, -0.05) is 6.92 Å². The summed E-state index contributed by atoms with van der Waals surface area (Å²) in [5.41, 5.74) is 5.25. The Balaban J connectivity index is 1.84. The van der Waals surface area contributed by atoms with Gasteiger partial charge < -0.3 is 25.1 Å². The molecule has 154 valence electrons. The highest BCUT2D eigenvalue weighted by Gasteiger charge is 2.65. The van der Waals surface area contributed by atoms with Gasteiger partial charge >= 0.3 is 11.9 Å². The summed E-state index contributed by atoms with van der Waals surface area (Å²) in [4.78, 5) is 27.8. The Kier molecular flexibility index (Phi) is 6.07. The largest absolute Gasteiger partial charge is 0.481 e. The Labute approximate surface area is 158 Å². The summed E-state index contributed by atoms with van der Waals surface area (Å²) >= 11 is 0. The summed E-state index contributed by atoms with van der Waals surface area (Å²) in [7, 11) is 0. The Morgan fingerprint density at radius 1 is 1.11 bits per heavy atom. The number of carboxylic acid groups (broad SMARTS) is 1. The number of hydrogen-bond donors (Lipinski definition) is 3. The summed E-state index contributed by atoms with van der Waals surface area (Å²) in [6, 6.07) is -0.143. The van der Waals surface area contributed by atoms with Gasteiger partial charge in [0.15, 0.2) is 11.9 Å². The number of carbonyl (C=O) groups excluding carboxylic acids is 1. The zero-order valence-electron chi connectivity index (χ0n) is 15.7. The van der Waals surface area contributed by atoms with Crippen molar-refractivity contribution < 1.29 is 39.1 Å². The number of hydrogen-bond acceptors (Lipinski definition) is 8. The number of esters is 1. The summed E-state index contributed by atoms with van der Waals surface area (Å²) in [6.45, 7) is 3.79. The molecule has 0 aromatic rings. The van der Waals surface area contributed by atoms with Crippen molar-refractivity contribution in [3.05, 3.63) is 0 Å². The molecule has 2 saturated heterocycles. The Hall–Kier alpha value is -1.26. The topological polar surface area (TPSA) is 138 Å². The van der Waals surface area contributed by atoms with Gasteiger partial charge in [-0.2, -0.15) is 0 Å². The van der Waals surface area contributed by atoms with Gasteiger partial charge in [0.1, 0.15) is 0 Å². The molecule has 1 saturated carbocycles. The molecular weight excluding hydrogens is 358 g/mol. The number of ether oxygens (including phenoxy) is 3. The number of carboxylic acids is 1.